The van der Waals surface area contributed by atoms with Gasteiger partial charge in [-0.05, 0) is 25.5 Å². The van der Waals surface area contributed by atoms with Crippen molar-refractivity contribution in [1.82, 2.24) is 14.8 Å². The molecule has 0 saturated heterocycles. The maximum atomic E-state index is 11.9. The average Bonchev–Trinajstić information content (AvgIpc) is 2.35. The van der Waals surface area contributed by atoms with Gasteiger partial charge in [0.2, 0.25) is 0 Å². The molecule has 0 atom stereocenters. The molecule has 0 bridgehead atoms. The standard InChI is InChI=1S/C13H16N4O/c1-3-14-11-7-13(18)17(16-8-11)9-12-10(2)5-4-6-15-12/h4-8,14H,3,9H2,1-2H3. The van der Waals surface area contributed by atoms with E-state index >= 15 is 0 Å². The lowest BCUT2D eigenvalue weighted by atomic mass is 10.2. The number of nitrogens with one attached hydrogen (secondary N) is 1. The Morgan fingerprint density at radius 3 is 2.94 bits per heavy atom. The highest BCUT2D eigenvalue weighted by molar-refractivity contribution is 5.38. The highest BCUT2D eigenvalue weighted by Crippen LogP contribution is 2.04. The summed E-state index contributed by atoms with van der Waals surface area (Å²) in [4.78, 5) is 16.1. The van der Waals surface area contributed by atoms with E-state index in [0.717, 1.165) is 23.5 Å². The molecule has 2 heterocycles. The number of aromatic nitrogens is 3. The molecule has 0 aliphatic rings. The molecule has 94 valence electrons. The predicted molar refractivity (Wildman–Crippen MR) is 70.7 cm³/mol. The molecule has 0 spiro atoms. The van der Waals surface area contributed by atoms with Gasteiger partial charge in [0.1, 0.15) is 0 Å². The Morgan fingerprint density at radius 1 is 1.44 bits per heavy atom. The minimum Gasteiger partial charge on any atom is -0.384 e. The van der Waals surface area contributed by atoms with Crippen molar-refractivity contribution < 1.29 is 0 Å². The zero-order valence-corrected chi connectivity index (χ0v) is 10.6. The van der Waals surface area contributed by atoms with Gasteiger partial charge in [-0.25, -0.2) is 4.68 Å². The number of nitrogens with zero attached hydrogens (tertiary/aromatic N) is 3. The molecular formula is C13H16N4O. The van der Waals surface area contributed by atoms with Crippen LogP contribution in [0.15, 0.2) is 35.4 Å². The van der Waals surface area contributed by atoms with Crippen LogP contribution in [0.1, 0.15) is 18.2 Å². The zero-order valence-electron chi connectivity index (χ0n) is 10.6. The summed E-state index contributed by atoms with van der Waals surface area (Å²) in [5.74, 6) is 0. The summed E-state index contributed by atoms with van der Waals surface area (Å²) in [7, 11) is 0. The molecule has 2 aromatic heterocycles. The van der Waals surface area contributed by atoms with Crippen LogP contribution in [0.5, 0.6) is 0 Å². The van der Waals surface area contributed by atoms with E-state index in [1.165, 1.54) is 4.68 Å². The second-order valence-electron chi connectivity index (χ2n) is 4.04. The summed E-state index contributed by atoms with van der Waals surface area (Å²) >= 11 is 0. The predicted octanol–water partition coefficient (Wildman–Crippen LogP) is 1.43. The number of anilines is 1. The van der Waals surface area contributed by atoms with Crippen molar-refractivity contribution in [2.24, 2.45) is 0 Å². The first-order valence-electron chi connectivity index (χ1n) is 5.92. The summed E-state index contributed by atoms with van der Waals surface area (Å²) in [6.45, 7) is 5.12. The van der Waals surface area contributed by atoms with Crippen LogP contribution in [0.2, 0.25) is 0 Å². The number of hydrogen-bond donors (Lipinski definition) is 1. The van der Waals surface area contributed by atoms with Crippen LogP contribution in [-0.2, 0) is 6.54 Å². The fraction of sp³-hybridized carbons (Fsp3) is 0.308. The van der Waals surface area contributed by atoms with Gasteiger partial charge in [-0.15, -0.1) is 0 Å². The molecule has 2 rings (SSSR count). The van der Waals surface area contributed by atoms with E-state index < -0.39 is 0 Å². The Balaban J connectivity index is 2.25. The Kier molecular flexibility index (Phi) is 3.72. The number of pyridine rings is 1. The molecule has 0 aromatic carbocycles. The van der Waals surface area contributed by atoms with E-state index in [1.54, 1.807) is 18.5 Å². The van der Waals surface area contributed by atoms with Crippen LogP contribution in [0, 0.1) is 6.92 Å². The highest BCUT2D eigenvalue weighted by atomic mass is 16.1. The van der Waals surface area contributed by atoms with Gasteiger partial charge in [-0.1, -0.05) is 6.07 Å². The quantitative estimate of drug-likeness (QED) is 0.883. The molecule has 1 N–H and O–H groups in total. The van der Waals surface area contributed by atoms with E-state index in [9.17, 15) is 4.79 Å². The fourth-order valence-corrected chi connectivity index (χ4v) is 1.68. The summed E-state index contributed by atoms with van der Waals surface area (Å²) < 4.78 is 1.41. The van der Waals surface area contributed by atoms with Crippen molar-refractivity contribution in [1.29, 1.82) is 0 Å². The Bertz CT molecular complexity index is 592. The smallest absolute Gasteiger partial charge is 0.269 e. The van der Waals surface area contributed by atoms with E-state index in [-0.39, 0.29) is 5.56 Å². The van der Waals surface area contributed by atoms with E-state index in [4.69, 9.17) is 0 Å². The number of aryl methyl sites for hydroxylation is 1. The summed E-state index contributed by atoms with van der Waals surface area (Å²) in [6.07, 6.45) is 3.38. The lowest BCUT2D eigenvalue weighted by molar-refractivity contribution is 0.626. The van der Waals surface area contributed by atoms with Crippen LogP contribution < -0.4 is 10.9 Å². The second kappa shape index (κ2) is 5.44. The first-order chi connectivity index (χ1) is 8.70. The van der Waals surface area contributed by atoms with Crippen molar-refractivity contribution >= 4 is 5.69 Å². The Labute approximate surface area is 105 Å². The Morgan fingerprint density at radius 2 is 2.28 bits per heavy atom. The van der Waals surface area contributed by atoms with Crippen LogP contribution in [0.25, 0.3) is 0 Å². The molecule has 0 unspecified atom stereocenters. The molecule has 0 radical (unpaired) electrons. The average molecular weight is 244 g/mol. The molecule has 0 fully saturated rings. The normalized spacial score (nSPS) is 10.3. The SMILES string of the molecule is CCNc1cnn(Cc2ncccc2C)c(=O)c1. The lowest BCUT2D eigenvalue weighted by Crippen LogP contribution is -2.23. The molecule has 5 heteroatoms. The lowest BCUT2D eigenvalue weighted by Gasteiger charge is -2.07. The molecule has 0 saturated carbocycles. The van der Waals surface area contributed by atoms with E-state index in [0.29, 0.717) is 6.54 Å². The van der Waals surface area contributed by atoms with Gasteiger partial charge in [0, 0.05) is 18.8 Å². The maximum absolute atomic E-state index is 11.9. The third-order valence-electron chi connectivity index (χ3n) is 2.67. The van der Waals surface area contributed by atoms with Crippen molar-refractivity contribution in [2.75, 3.05) is 11.9 Å². The van der Waals surface area contributed by atoms with Gasteiger partial charge in [0.25, 0.3) is 5.56 Å². The fourth-order valence-electron chi connectivity index (χ4n) is 1.68. The largest absolute Gasteiger partial charge is 0.384 e. The van der Waals surface area contributed by atoms with Crippen molar-refractivity contribution in [2.45, 2.75) is 20.4 Å². The topological polar surface area (TPSA) is 59.8 Å². The zero-order chi connectivity index (χ0) is 13.0. The minimum atomic E-state index is -0.126. The summed E-state index contributed by atoms with van der Waals surface area (Å²) in [6, 6.07) is 5.40. The van der Waals surface area contributed by atoms with Gasteiger partial charge < -0.3 is 5.32 Å². The van der Waals surface area contributed by atoms with Gasteiger partial charge >= 0.3 is 0 Å². The summed E-state index contributed by atoms with van der Waals surface area (Å²) in [5, 5.41) is 7.19. The molecule has 2 aromatic rings. The molecule has 5 nitrogen and oxygen atoms in total. The molecule has 0 aliphatic carbocycles. The van der Waals surface area contributed by atoms with Crippen molar-refractivity contribution in [3.8, 4) is 0 Å². The molecular weight excluding hydrogens is 228 g/mol. The maximum Gasteiger partial charge on any atom is 0.269 e. The van der Waals surface area contributed by atoms with Gasteiger partial charge in [-0.2, -0.15) is 5.10 Å². The van der Waals surface area contributed by atoms with Gasteiger partial charge in [0.05, 0.1) is 24.1 Å². The molecule has 18 heavy (non-hydrogen) atoms. The van der Waals surface area contributed by atoms with E-state index in [1.807, 2.05) is 26.0 Å². The second-order valence-corrected chi connectivity index (χ2v) is 4.04. The van der Waals surface area contributed by atoms with Crippen molar-refractivity contribution in [3.63, 3.8) is 0 Å². The van der Waals surface area contributed by atoms with Crippen LogP contribution >= 0.6 is 0 Å². The third-order valence-corrected chi connectivity index (χ3v) is 2.67. The van der Waals surface area contributed by atoms with E-state index in [2.05, 4.69) is 15.4 Å². The van der Waals surface area contributed by atoms with Crippen LogP contribution in [0.3, 0.4) is 0 Å². The van der Waals surface area contributed by atoms with Gasteiger partial charge in [0.15, 0.2) is 0 Å². The Hall–Kier alpha value is -2.17. The molecule has 0 aliphatic heterocycles. The number of rotatable bonds is 4. The van der Waals surface area contributed by atoms with Gasteiger partial charge in [-0.3, -0.25) is 9.78 Å². The minimum absolute atomic E-state index is 0.126. The van der Waals surface area contributed by atoms with Crippen LogP contribution in [-0.4, -0.2) is 21.3 Å². The van der Waals surface area contributed by atoms with Crippen LogP contribution in [0.4, 0.5) is 5.69 Å². The highest BCUT2D eigenvalue weighted by Gasteiger charge is 2.04. The monoisotopic (exact) mass is 244 g/mol. The molecule has 0 amide bonds. The van der Waals surface area contributed by atoms with Crippen molar-refractivity contribution in [3.05, 3.63) is 52.2 Å². The summed E-state index contributed by atoms with van der Waals surface area (Å²) in [5.41, 5.74) is 2.54. The first-order valence-corrected chi connectivity index (χ1v) is 5.92. The number of hydrogen-bond acceptors (Lipinski definition) is 4. The third kappa shape index (κ3) is 2.74. The first kappa shape index (κ1) is 12.3.